The predicted molar refractivity (Wildman–Crippen MR) is 101 cm³/mol. The van der Waals surface area contributed by atoms with E-state index in [1.54, 1.807) is 0 Å². The first-order chi connectivity index (χ1) is 12.6. The summed E-state index contributed by atoms with van der Waals surface area (Å²) >= 11 is 0. The molecule has 1 N–H and O–H groups in total. The molecule has 1 saturated carbocycles. The number of fused-ring (bicyclic) bond motifs is 1. The minimum atomic E-state index is 0.103. The number of carbonyl (C=O) groups excluding carboxylic acids is 1. The van der Waals surface area contributed by atoms with Crippen molar-refractivity contribution in [1.82, 2.24) is 10.2 Å². The van der Waals surface area contributed by atoms with E-state index in [1.807, 2.05) is 12.1 Å². The first-order valence-electron chi connectivity index (χ1n) is 10.3. The molecule has 4 fully saturated rings. The molecule has 4 heteroatoms. The van der Waals surface area contributed by atoms with Gasteiger partial charge in [-0.25, -0.2) is 0 Å². The van der Waals surface area contributed by atoms with Gasteiger partial charge < -0.3 is 10.1 Å². The van der Waals surface area contributed by atoms with Crippen molar-refractivity contribution in [3.05, 3.63) is 35.4 Å². The lowest BCUT2D eigenvalue weighted by Crippen LogP contribution is -2.42. The molecule has 0 unspecified atom stereocenters. The summed E-state index contributed by atoms with van der Waals surface area (Å²) < 4.78 is 6.50. The van der Waals surface area contributed by atoms with Crippen molar-refractivity contribution >= 4 is 5.91 Å². The molecule has 1 aromatic carbocycles. The highest BCUT2D eigenvalue weighted by Crippen LogP contribution is 2.55. The SMILES string of the molecule is Cc1cccc(CC(=O)NC[C@H]2[C@H]3CN(CC4CC4)C[C@]34CC[C@H]2O4)c1. The standard InChI is InChI=1S/C22H30N2O2/c1-15-3-2-4-17(9-15)10-21(25)23-11-18-19-13-24(12-16-5-6-16)14-22(19)8-7-20(18)26-22/h2-4,9,16,18-20H,5-8,10-14H2,1H3,(H,23,25)/t18-,19+,20+,22+/m0/s1. The van der Waals surface area contributed by atoms with Crippen LogP contribution in [0.3, 0.4) is 0 Å². The number of amides is 1. The number of likely N-dealkylation sites (tertiary alicyclic amines) is 1. The van der Waals surface area contributed by atoms with Crippen molar-refractivity contribution in [2.45, 2.75) is 50.7 Å². The molecule has 5 rings (SSSR count). The monoisotopic (exact) mass is 354 g/mol. The normalized spacial score (nSPS) is 35.7. The van der Waals surface area contributed by atoms with Crippen LogP contribution in [0.15, 0.2) is 24.3 Å². The lowest BCUT2D eigenvalue weighted by atomic mass is 9.73. The van der Waals surface area contributed by atoms with Crippen molar-refractivity contribution in [3.8, 4) is 0 Å². The number of hydrogen-bond acceptors (Lipinski definition) is 3. The average molecular weight is 354 g/mol. The lowest BCUT2D eigenvalue weighted by Gasteiger charge is -2.29. The second-order valence-electron chi connectivity index (χ2n) is 9.14. The molecule has 4 aliphatic rings. The summed E-state index contributed by atoms with van der Waals surface area (Å²) in [7, 11) is 0. The van der Waals surface area contributed by atoms with Crippen molar-refractivity contribution in [1.29, 1.82) is 0 Å². The summed E-state index contributed by atoms with van der Waals surface area (Å²) in [5.41, 5.74) is 2.41. The van der Waals surface area contributed by atoms with Crippen LogP contribution in [0.4, 0.5) is 0 Å². The fourth-order valence-electron chi connectivity index (χ4n) is 5.67. The van der Waals surface area contributed by atoms with E-state index in [4.69, 9.17) is 4.74 Å². The molecule has 0 radical (unpaired) electrons. The molecule has 1 aliphatic carbocycles. The maximum absolute atomic E-state index is 12.4. The van der Waals surface area contributed by atoms with Crippen LogP contribution in [0, 0.1) is 24.7 Å². The van der Waals surface area contributed by atoms with E-state index in [1.165, 1.54) is 44.3 Å². The van der Waals surface area contributed by atoms with Crippen molar-refractivity contribution in [2.75, 3.05) is 26.2 Å². The van der Waals surface area contributed by atoms with Gasteiger partial charge in [0, 0.05) is 38.0 Å². The maximum Gasteiger partial charge on any atom is 0.224 e. The first-order valence-corrected chi connectivity index (χ1v) is 10.3. The predicted octanol–water partition coefficient (Wildman–Crippen LogP) is 2.54. The quantitative estimate of drug-likeness (QED) is 0.854. The van der Waals surface area contributed by atoms with Crippen LogP contribution in [0.1, 0.15) is 36.8 Å². The van der Waals surface area contributed by atoms with Crippen LogP contribution >= 0.6 is 0 Å². The fourth-order valence-corrected chi connectivity index (χ4v) is 5.67. The van der Waals surface area contributed by atoms with Crippen molar-refractivity contribution < 1.29 is 9.53 Å². The first kappa shape index (κ1) is 16.8. The summed E-state index contributed by atoms with van der Waals surface area (Å²) in [6.45, 7) is 6.41. The van der Waals surface area contributed by atoms with Gasteiger partial charge in [0.15, 0.2) is 0 Å². The van der Waals surface area contributed by atoms with Gasteiger partial charge in [-0.15, -0.1) is 0 Å². The Hall–Kier alpha value is -1.39. The molecule has 3 aliphatic heterocycles. The Kier molecular flexibility index (Phi) is 4.09. The van der Waals surface area contributed by atoms with Crippen LogP contribution in [-0.2, 0) is 16.0 Å². The van der Waals surface area contributed by atoms with E-state index >= 15 is 0 Å². The number of aryl methyl sites for hydroxylation is 1. The van der Waals surface area contributed by atoms with Gasteiger partial charge in [0.2, 0.25) is 5.91 Å². The molecule has 2 bridgehead atoms. The Labute approximate surface area is 156 Å². The Bertz CT molecular complexity index is 701. The molecule has 1 amide bonds. The van der Waals surface area contributed by atoms with Gasteiger partial charge in [0.25, 0.3) is 0 Å². The second-order valence-corrected chi connectivity index (χ2v) is 9.14. The van der Waals surface area contributed by atoms with Crippen LogP contribution < -0.4 is 5.32 Å². The molecule has 26 heavy (non-hydrogen) atoms. The highest BCUT2D eigenvalue weighted by molar-refractivity contribution is 5.78. The number of rotatable bonds is 6. The van der Waals surface area contributed by atoms with Crippen LogP contribution in [0.25, 0.3) is 0 Å². The number of hydrogen-bond donors (Lipinski definition) is 1. The van der Waals surface area contributed by atoms with Gasteiger partial charge in [-0.2, -0.15) is 0 Å². The summed E-state index contributed by atoms with van der Waals surface area (Å²) in [4.78, 5) is 15.1. The smallest absolute Gasteiger partial charge is 0.224 e. The Balaban J connectivity index is 1.18. The van der Waals surface area contributed by atoms with Gasteiger partial charge in [0.05, 0.1) is 18.1 Å². The van der Waals surface area contributed by atoms with Crippen LogP contribution in [0.2, 0.25) is 0 Å². The van der Waals surface area contributed by atoms with E-state index < -0.39 is 0 Å². The van der Waals surface area contributed by atoms with Crippen molar-refractivity contribution in [2.24, 2.45) is 17.8 Å². The third-order valence-electron chi connectivity index (χ3n) is 7.05. The summed E-state index contributed by atoms with van der Waals surface area (Å²) in [5.74, 6) is 2.18. The van der Waals surface area contributed by atoms with Gasteiger partial charge in [-0.05, 0) is 44.1 Å². The summed E-state index contributed by atoms with van der Waals surface area (Å²) in [5, 5.41) is 3.22. The molecular formula is C22H30N2O2. The maximum atomic E-state index is 12.4. The molecule has 3 heterocycles. The van der Waals surface area contributed by atoms with Crippen LogP contribution in [0.5, 0.6) is 0 Å². The molecule has 0 aromatic heterocycles. The number of nitrogens with zero attached hydrogens (tertiary/aromatic N) is 1. The zero-order valence-corrected chi connectivity index (χ0v) is 15.7. The lowest BCUT2D eigenvalue weighted by molar-refractivity contribution is -0.120. The van der Waals surface area contributed by atoms with Crippen molar-refractivity contribution in [3.63, 3.8) is 0 Å². The van der Waals surface area contributed by atoms with E-state index in [2.05, 4.69) is 29.3 Å². The molecule has 1 spiro atoms. The number of benzene rings is 1. The Morgan fingerprint density at radius 2 is 2.23 bits per heavy atom. The van der Waals surface area contributed by atoms with Gasteiger partial charge in [-0.1, -0.05) is 29.8 Å². The zero-order chi connectivity index (χ0) is 17.7. The highest BCUT2D eigenvalue weighted by atomic mass is 16.5. The highest BCUT2D eigenvalue weighted by Gasteiger charge is 2.62. The van der Waals surface area contributed by atoms with E-state index in [0.717, 1.165) is 24.6 Å². The molecule has 140 valence electrons. The van der Waals surface area contributed by atoms with Crippen LogP contribution in [-0.4, -0.2) is 48.7 Å². The number of nitrogens with one attached hydrogen (secondary N) is 1. The minimum absolute atomic E-state index is 0.103. The molecule has 4 atom stereocenters. The molecular weight excluding hydrogens is 324 g/mol. The number of carbonyl (C=O) groups is 1. The largest absolute Gasteiger partial charge is 0.370 e. The molecule has 1 aromatic rings. The third kappa shape index (κ3) is 3.07. The molecule has 4 nitrogen and oxygen atoms in total. The summed E-state index contributed by atoms with van der Waals surface area (Å²) in [6, 6.07) is 8.23. The average Bonchev–Trinajstić information content (AvgIpc) is 3.10. The fraction of sp³-hybridized carbons (Fsp3) is 0.682. The Morgan fingerprint density at radius 3 is 3.04 bits per heavy atom. The van der Waals surface area contributed by atoms with Gasteiger partial charge in [0.1, 0.15) is 0 Å². The van der Waals surface area contributed by atoms with Gasteiger partial charge >= 0.3 is 0 Å². The Morgan fingerprint density at radius 1 is 1.35 bits per heavy atom. The zero-order valence-electron chi connectivity index (χ0n) is 15.7. The third-order valence-corrected chi connectivity index (χ3v) is 7.05. The number of ether oxygens (including phenoxy) is 1. The second kappa shape index (κ2) is 6.35. The van der Waals surface area contributed by atoms with E-state index in [-0.39, 0.29) is 11.5 Å². The van der Waals surface area contributed by atoms with E-state index in [0.29, 0.717) is 24.4 Å². The molecule has 3 saturated heterocycles. The van der Waals surface area contributed by atoms with Gasteiger partial charge in [-0.3, -0.25) is 9.69 Å². The topological polar surface area (TPSA) is 41.6 Å². The summed E-state index contributed by atoms with van der Waals surface area (Å²) in [6.07, 6.45) is 6.06. The minimum Gasteiger partial charge on any atom is -0.370 e. The van der Waals surface area contributed by atoms with E-state index in [9.17, 15) is 4.79 Å².